The van der Waals surface area contributed by atoms with Gasteiger partial charge in [-0.1, -0.05) is 35.9 Å². The lowest BCUT2D eigenvalue weighted by atomic mass is 10.1. The zero-order valence-corrected chi connectivity index (χ0v) is 13.0. The molecule has 1 fully saturated rings. The third kappa shape index (κ3) is 3.94. The second-order valence-electron chi connectivity index (χ2n) is 6.10. The highest BCUT2D eigenvalue weighted by Gasteiger charge is 2.32. The van der Waals surface area contributed by atoms with E-state index >= 15 is 0 Å². The minimum Gasteiger partial charge on any atom is -0.335 e. The Bertz CT molecular complexity index is 618. The van der Waals surface area contributed by atoms with Crippen molar-refractivity contribution in [2.45, 2.75) is 45.2 Å². The number of aromatic nitrogens is 1. The van der Waals surface area contributed by atoms with Gasteiger partial charge < -0.3 is 4.90 Å². The first-order valence-corrected chi connectivity index (χ1v) is 7.96. The van der Waals surface area contributed by atoms with Crippen molar-refractivity contribution in [3.63, 3.8) is 0 Å². The summed E-state index contributed by atoms with van der Waals surface area (Å²) in [6, 6.07) is 12.8. The predicted octanol–water partition coefficient (Wildman–Crippen LogP) is 3.51. The third-order valence-corrected chi connectivity index (χ3v) is 4.13. The normalized spacial score (nSPS) is 13.9. The number of aryl methyl sites for hydroxylation is 2. The first-order valence-electron chi connectivity index (χ1n) is 7.96. The van der Waals surface area contributed by atoms with Crippen LogP contribution in [0.25, 0.3) is 0 Å². The maximum Gasteiger partial charge on any atom is 0.223 e. The zero-order chi connectivity index (χ0) is 15.4. The van der Waals surface area contributed by atoms with Crippen LogP contribution in [0.1, 0.15) is 36.0 Å². The maximum atomic E-state index is 12.6. The fraction of sp³-hybridized carbons (Fsp3) is 0.368. The first kappa shape index (κ1) is 14.8. The van der Waals surface area contributed by atoms with Gasteiger partial charge in [0.2, 0.25) is 5.91 Å². The molecule has 1 amide bonds. The summed E-state index contributed by atoms with van der Waals surface area (Å²) < 4.78 is 0. The van der Waals surface area contributed by atoms with E-state index in [1.54, 1.807) is 6.20 Å². The minimum atomic E-state index is 0.256. The number of carbonyl (C=O) groups excluding carboxylic acids is 1. The van der Waals surface area contributed by atoms with Crippen LogP contribution in [0.4, 0.5) is 0 Å². The highest BCUT2D eigenvalue weighted by molar-refractivity contribution is 5.77. The maximum absolute atomic E-state index is 12.6. The number of nitrogens with zero attached hydrogens (tertiary/aromatic N) is 2. The molecule has 1 aliphatic rings. The van der Waals surface area contributed by atoms with E-state index in [4.69, 9.17) is 0 Å². The van der Waals surface area contributed by atoms with Crippen molar-refractivity contribution in [2.75, 3.05) is 0 Å². The van der Waals surface area contributed by atoms with Crippen LogP contribution in [0.15, 0.2) is 48.8 Å². The summed E-state index contributed by atoms with van der Waals surface area (Å²) in [5.74, 6) is 0.256. The van der Waals surface area contributed by atoms with Crippen molar-refractivity contribution < 1.29 is 4.79 Å². The molecule has 0 bridgehead atoms. The summed E-state index contributed by atoms with van der Waals surface area (Å²) in [4.78, 5) is 18.7. The van der Waals surface area contributed by atoms with Crippen molar-refractivity contribution in [3.8, 4) is 0 Å². The Morgan fingerprint density at radius 3 is 2.59 bits per heavy atom. The van der Waals surface area contributed by atoms with Crippen LogP contribution >= 0.6 is 0 Å². The van der Waals surface area contributed by atoms with Gasteiger partial charge in [-0.25, -0.2) is 0 Å². The quantitative estimate of drug-likeness (QED) is 0.817. The molecule has 3 rings (SSSR count). The van der Waals surface area contributed by atoms with Crippen LogP contribution in [-0.2, 0) is 17.8 Å². The monoisotopic (exact) mass is 294 g/mol. The molecule has 0 atom stereocenters. The molecule has 0 spiro atoms. The average molecular weight is 294 g/mol. The molecule has 0 N–H and O–H groups in total. The Labute approximate surface area is 132 Å². The second kappa shape index (κ2) is 6.73. The van der Waals surface area contributed by atoms with Gasteiger partial charge in [0.1, 0.15) is 0 Å². The van der Waals surface area contributed by atoms with Gasteiger partial charge in [-0.15, -0.1) is 0 Å². The summed E-state index contributed by atoms with van der Waals surface area (Å²) in [6.07, 6.45) is 7.29. The van der Waals surface area contributed by atoms with Gasteiger partial charge in [-0.2, -0.15) is 0 Å². The lowest BCUT2D eigenvalue weighted by Gasteiger charge is -2.22. The first-order chi connectivity index (χ1) is 10.7. The van der Waals surface area contributed by atoms with Crippen LogP contribution in [0.5, 0.6) is 0 Å². The van der Waals surface area contributed by atoms with Gasteiger partial charge in [0.05, 0.1) is 0 Å². The third-order valence-electron chi connectivity index (χ3n) is 4.13. The molecule has 1 aromatic heterocycles. The molecule has 1 saturated carbocycles. The molecule has 22 heavy (non-hydrogen) atoms. The summed E-state index contributed by atoms with van der Waals surface area (Å²) >= 11 is 0. The molecule has 1 aromatic carbocycles. The largest absolute Gasteiger partial charge is 0.335 e. The van der Waals surface area contributed by atoms with Crippen LogP contribution in [0, 0.1) is 6.92 Å². The Hall–Kier alpha value is -2.16. The molecule has 0 unspecified atom stereocenters. The molecule has 3 nitrogen and oxygen atoms in total. The van der Waals surface area contributed by atoms with Crippen LogP contribution in [-0.4, -0.2) is 21.8 Å². The van der Waals surface area contributed by atoms with Crippen LogP contribution < -0.4 is 0 Å². The Kier molecular flexibility index (Phi) is 4.52. The summed E-state index contributed by atoms with van der Waals surface area (Å²) in [5.41, 5.74) is 3.60. The molecule has 0 aliphatic heterocycles. The highest BCUT2D eigenvalue weighted by Crippen LogP contribution is 2.29. The fourth-order valence-corrected chi connectivity index (χ4v) is 2.65. The number of pyridine rings is 1. The van der Waals surface area contributed by atoms with Gasteiger partial charge in [-0.05, 0) is 43.4 Å². The van der Waals surface area contributed by atoms with Crippen LogP contribution in [0.2, 0.25) is 0 Å². The smallest absolute Gasteiger partial charge is 0.223 e. The van der Waals surface area contributed by atoms with E-state index in [0.717, 1.165) is 24.8 Å². The summed E-state index contributed by atoms with van der Waals surface area (Å²) in [7, 11) is 0. The van der Waals surface area contributed by atoms with Gasteiger partial charge in [-0.3, -0.25) is 9.78 Å². The number of rotatable bonds is 6. The van der Waals surface area contributed by atoms with Gasteiger partial charge in [0, 0.05) is 31.4 Å². The van der Waals surface area contributed by atoms with Crippen molar-refractivity contribution in [3.05, 3.63) is 65.5 Å². The summed E-state index contributed by atoms with van der Waals surface area (Å²) in [5, 5.41) is 0. The van der Waals surface area contributed by atoms with Crippen molar-refractivity contribution in [1.29, 1.82) is 0 Å². The standard InChI is InChI=1S/C19H22N2O/c1-15-4-6-16(7-5-15)8-11-19(22)21(18-9-10-18)14-17-3-2-12-20-13-17/h2-7,12-13,18H,8-11,14H2,1H3. The molecule has 114 valence electrons. The van der Waals surface area contributed by atoms with Crippen molar-refractivity contribution >= 4 is 5.91 Å². The minimum absolute atomic E-state index is 0.256. The van der Waals surface area contributed by atoms with Gasteiger partial charge >= 0.3 is 0 Å². The Balaban J connectivity index is 1.59. The lowest BCUT2D eigenvalue weighted by Crippen LogP contribution is -2.32. The Morgan fingerprint density at radius 2 is 1.95 bits per heavy atom. The van der Waals surface area contributed by atoms with E-state index in [2.05, 4.69) is 36.2 Å². The number of amides is 1. The van der Waals surface area contributed by atoms with Crippen LogP contribution in [0.3, 0.4) is 0 Å². The van der Waals surface area contributed by atoms with Crippen molar-refractivity contribution in [1.82, 2.24) is 9.88 Å². The second-order valence-corrected chi connectivity index (χ2v) is 6.10. The van der Waals surface area contributed by atoms with E-state index in [1.165, 1.54) is 11.1 Å². The number of hydrogen-bond acceptors (Lipinski definition) is 2. The lowest BCUT2D eigenvalue weighted by molar-refractivity contribution is -0.132. The highest BCUT2D eigenvalue weighted by atomic mass is 16.2. The number of benzene rings is 1. The Morgan fingerprint density at radius 1 is 1.18 bits per heavy atom. The zero-order valence-electron chi connectivity index (χ0n) is 13.0. The van der Waals surface area contributed by atoms with E-state index in [-0.39, 0.29) is 5.91 Å². The molecule has 2 aromatic rings. The number of hydrogen-bond donors (Lipinski definition) is 0. The summed E-state index contributed by atoms with van der Waals surface area (Å²) in [6.45, 7) is 2.77. The average Bonchev–Trinajstić information content (AvgIpc) is 3.37. The van der Waals surface area contributed by atoms with E-state index in [0.29, 0.717) is 19.0 Å². The van der Waals surface area contributed by atoms with E-state index < -0.39 is 0 Å². The fourth-order valence-electron chi connectivity index (χ4n) is 2.65. The SMILES string of the molecule is Cc1ccc(CCC(=O)N(Cc2cccnc2)C2CC2)cc1. The predicted molar refractivity (Wildman–Crippen MR) is 87.3 cm³/mol. The molecule has 1 heterocycles. The molecule has 3 heteroatoms. The molecule has 0 radical (unpaired) electrons. The molecular weight excluding hydrogens is 272 g/mol. The van der Waals surface area contributed by atoms with E-state index in [9.17, 15) is 4.79 Å². The molecule has 1 aliphatic carbocycles. The van der Waals surface area contributed by atoms with Crippen molar-refractivity contribution in [2.24, 2.45) is 0 Å². The van der Waals surface area contributed by atoms with Gasteiger partial charge in [0.15, 0.2) is 0 Å². The van der Waals surface area contributed by atoms with E-state index in [1.807, 2.05) is 23.2 Å². The molecular formula is C19H22N2O. The number of carbonyl (C=O) groups is 1. The topological polar surface area (TPSA) is 33.2 Å². The van der Waals surface area contributed by atoms with Gasteiger partial charge in [0.25, 0.3) is 0 Å². The molecule has 0 saturated heterocycles.